The number of rotatable bonds is 6. The smallest absolute Gasteiger partial charge is 0.0857 e. The van der Waals surface area contributed by atoms with Crippen LogP contribution in [0.4, 0.5) is 11.4 Å². The van der Waals surface area contributed by atoms with Crippen LogP contribution >= 0.6 is 0 Å². The topological polar surface area (TPSA) is 24.5 Å². The van der Waals surface area contributed by atoms with Gasteiger partial charge in [0.2, 0.25) is 0 Å². The van der Waals surface area contributed by atoms with Gasteiger partial charge in [-0.15, -0.1) is 0 Å². The molecule has 0 saturated carbocycles. The van der Waals surface area contributed by atoms with E-state index in [0.29, 0.717) is 0 Å². The lowest BCUT2D eigenvalue weighted by atomic mass is 9.99. The van der Waals surface area contributed by atoms with Crippen LogP contribution in [0.2, 0.25) is 0 Å². The first-order valence-corrected chi connectivity index (χ1v) is 7.45. The average Bonchev–Trinajstić information content (AvgIpc) is 2.45. The van der Waals surface area contributed by atoms with E-state index in [-0.39, 0.29) is 6.10 Å². The predicted octanol–water partition coefficient (Wildman–Crippen LogP) is 3.82. The van der Waals surface area contributed by atoms with Gasteiger partial charge in [-0.1, -0.05) is 19.9 Å². The van der Waals surface area contributed by atoms with Crippen LogP contribution in [-0.4, -0.2) is 26.7 Å². The Morgan fingerprint density at radius 1 is 1.26 bits per heavy atom. The highest BCUT2D eigenvalue weighted by Gasteiger charge is 2.20. The van der Waals surface area contributed by atoms with Gasteiger partial charge in [-0.25, -0.2) is 0 Å². The van der Waals surface area contributed by atoms with Crippen molar-refractivity contribution in [1.29, 1.82) is 0 Å². The van der Waals surface area contributed by atoms with E-state index in [1.807, 2.05) is 0 Å². The third-order valence-corrected chi connectivity index (χ3v) is 3.74. The highest BCUT2D eigenvalue weighted by molar-refractivity contribution is 5.64. The molecule has 1 atom stereocenters. The molecule has 1 heterocycles. The molecule has 3 heteroatoms. The molecular formula is C16H26N2O. The zero-order valence-electron chi connectivity index (χ0n) is 12.4. The molecule has 1 unspecified atom stereocenters. The Morgan fingerprint density at radius 3 is 2.63 bits per heavy atom. The Balaban J connectivity index is 2.23. The number of methoxy groups -OCH3 is 1. The summed E-state index contributed by atoms with van der Waals surface area (Å²) in [5.41, 5.74) is 3.87. The molecule has 19 heavy (non-hydrogen) atoms. The van der Waals surface area contributed by atoms with Gasteiger partial charge < -0.3 is 15.0 Å². The second kappa shape index (κ2) is 6.80. The molecule has 0 saturated heterocycles. The standard InChI is InChI=1S/C16H26N2O/c1-4-10-18(11-5-2)13-6-7-14-15(12-13)17-9-8-16(14)19-3/h6-7,12,16-17H,4-5,8-11H2,1-3H3. The van der Waals surface area contributed by atoms with E-state index in [1.165, 1.54) is 29.8 Å². The van der Waals surface area contributed by atoms with E-state index in [9.17, 15) is 0 Å². The van der Waals surface area contributed by atoms with E-state index in [2.05, 4.69) is 42.3 Å². The number of anilines is 2. The molecule has 0 spiro atoms. The number of nitrogens with zero attached hydrogens (tertiary/aromatic N) is 1. The quantitative estimate of drug-likeness (QED) is 0.843. The molecule has 2 rings (SSSR count). The third kappa shape index (κ3) is 3.21. The van der Waals surface area contributed by atoms with E-state index < -0.39 is 0 Å². The molecule has 0 bridgehead atoms. The largest absolute Gasteiger partial charge is 0.385 e. The van der Waals surface area contributed by atoms with E-state index in [0.717, 1.165) is 26.1 Å². The summed E-state index contributed by atoms with van der Waals surface area (Å²) in [5, 5.41) is 3.50. The summed E-state index contributed by atoms with van der Waals surface area (Å²) in [4.78, 5) is 2.47. The van der Waals surface area contributed by atoms with Crippen molar-refractivity contribution in [2.45, 2.75) is 39.2 Å². The molecule has 1 N–H and O–H groups in total. The molecule has 1 aromatic rings. The Labute approximate surface area is 116 Å². The van der Waals surface area contributed by atoms with Crippen molar-refractivity contribution in [2.75, 3.05) is 37.0 Å². The normalized spacial score (nSPS) is 17.7. The van der Waals surface area contributed by atoms with Crippen LogP contribution in [-0.2, 0) is 4.74 Å². The van der Waals surface area contributed by atoms with Crippen molar-refractivity contribution in [3.63, 3.8) is 0 Å². The fraction of sp³-hybridized carbons (Fsp3) is 0.625. The minimum atomic E-state index is 0.246. The van der Waals surface area contributed by atoms with E-state index in [4.69, 9.17) is 4.74 Å². The van der Waals surface area contributed by atoms with Crippen LogP contribution < -0.4 is 10.2 Å². The van der Waals surface area contributed by atoms with Gasteiger partial charge in [0.15, 0.2) is 0 Å². The minimum Gasteiger partial charge on any atom is -0.385 e. The van der Waals surface area contributed by atoms with Crippen LogP contribution in [0.15, 0.2) is 18.2 Å². The summed E-state index contributed by atoms with van der Waals surface area (Å²) in [7, 11) is 1.80. The first kappa shape index (κ1) is 14.2. The predicted molar refractivity (Wildman–Crippen MR) is 82.1 cm³/mol. The summed E-state index contributed by atoms with van der Waals surface area (Å²) in [6.07, 6.45) is 3.67. The van der Waals surface area contributed by atoms with Gasteiger partial charge in [0, 0.05) is 43.7 Å². The molecule has 1 aromatic carbocycles. The van der Waals surface area contributed by atoms with Gasteiger partial charge in [0.25, 0.3) is 0 Å². The zero-order valence-corrected chi connectivity index (χ0v) is 12.4. The second-order valence-corrected chi connectivity index (χ2v) is 5.20. The zero-order chi connectivity index (χ0) is 13.7. The fourth-order valence-electron chi connectivity index (χ4n) is 2.82. The maximum atomic E-state index is 5.56. The van der Waals surface area contributed by atoms with Gasteiger partial charge in [-0.3, -0.25) is 0 Å². The molecule has 0 radical (unpaired) electrons. The summed E-state index contributed by atoms with van der Waals surface area (Å²) < 4.78 is 5.56. The first-order valence-electron chi connectivity index (χ1n) is 7.45. The summed E-state index contributed by atoms with van der Waals surface area (Å²) >= 11 is 0. The highest BCUT2D eigenvalue weighted by atomic mass is 16.5. The first-order chi connectivity index (χ1) is 9.30. The maximum Gasteiger partial charge on any atom is 0.0857 e. The number of nitrogens with one attached hydrogen (secondary N) is 1. The maximum absolute atomic E-state index is 5.56. The van der Waals surface area contributed by atoms with Gasteiger partial charge in [0.05, 0.1) is 6.10 Å². The molecule has 0 fully saturated rings. The lowest BCUT2D eigenvalue weighted by molar-refractivity contribution is 0.0965. The minimum absolute atomic E-state index is 0.246. The lowest BCUT2D eigenvalue weighted by Crippen LogP contribution is -2.25. The monoisotopic (exact) mass is 262 g/mol. The van der Waals surface area contributed by atoms with Gasteiger partial charge >= 0.3 is 0 Å². The van der Waals surface area contributed by atoms with Crippen LogP contribution in [0.25, 0.3) is 0 Å². The van der Waals surface area contributed by atoms with Gasteiger partial charge in [-0.2, -0.15) is 0 Å². The Bertz CT molecular complexity index is 400. The number of ether oxygens (including phenoxy) is 1. The highest BCUT2D eigenvalue weighted by Crippen LogP contribution is 2.34. The Kier molecular flexibility index (Phi) is 5.08. The van der Waals surface area contributed by atoms with Crippen LogP contribution in [0.3, 0.4) is 0 Å². The molecule has 0 amide bonds. The fourth-order valence-corrected chi connectivity index (χ4v) is 2.82. The molecule has 0 aromatic heterocycles. The summed E-state index contributed by atoms with van der Waals surface area (Å²) in [6, 6.07) is 6.75. The number of hydrogen-bond acceptors (Lipinski definition) is 3. The number of hydrogen-bond donors (Lipinski definition) is 1. The summed E-state index contributed by atoms with van der Waals surface area (Å²) in [5.74, 6) is 0. The van der Waals surface area contributed by atoms with E-state index >= 15 is 0 Å². The number of benzene rings is 1. The second-order valence-electron chi connectivity index (χ2n) is 5.20. The molecule has 1 aliphatic heterocycles. The lowest BCUT2D eigenvalue weighted by Gasteiger charge is -2.29. The SMILES string of the molecule is CCCN(CCC)c1ccc2c(c1)NCCC2OC. The van der Waals surface area contributed by atoms with Crippen molar-refractivity contribution < 1.29 is 4.74 Å². The average molecular weight is 262 g/mol. The van der Waals surface area contributed by atoms with Crippen molar-refractivity contribution >= 4 is 11.4 Å². The molecule has 0 aliphatic carbocycles. The van der Waals surface area contributed by atoms with Crippen molar-refractivity contribution in [3.8, 4) is 0 Å². The van der Waals surface area contributed by atoms with Gasteiger partial charge in [-0.05, 0) is 31.4 Å². The molecular weight excluding hydrogens is 236 g/mol. The van der Waals surface area contributed by atoms with Crippen LogP contribution in [0.1, 0.15) is 44.8 Å². The molecule has 106 valence electrons. The van der Waals surface area contributed by atoms with Crippen LogP contribution in [0.5, 0.6) is 0 Å². The Hall–Kier alpha value is -1.22. The van der Waals surface area contributed by atoms with E-state index in [1.54, 1.807) is 7.11 Å². The Morgan fingerprint density at radius 2 is 2.00 bits per heavy atom. The van der Waals surface area contributed by atoms with Crippen LogP contribution in [0, 0.1) is 0 Å². The molecule has 3 nitrogen and oxygen atoms in total. The molecule has 1 aliphatic rings. The number of fused-ring (bicyclic) bond motifs is 1. The van der Waals surface area contributed by atoms with Gasteiger partial charge in [0.1, 0.15) is 0 Å². The van der Waals surface area contributed by atoms with Crippen molar-refractivity contribution in [1.82, 2.24) is 0 Å². The van der Waals surface area contributed by atoms with Crippen molar-refractivity contribution in [2.24, 2.45) is 0 Å². The van der Waals surface area contributed by atoms with Crippen molar-refractivity contribution in [3.05, 3.63) is 23.8 Å². The summed E-state index contributed by atoms with van der Waals surface area (Å²) in [6.45, 7) is 7.72. The third-order valence-electron chi connectivity index (χ3n) is 3.74.